The van der Waals surface area contributed by atoms with Gasteiger partial charge in [0.25, 0.3) is 0 Å². The molecule has 86 valence electrons. The molecule has 0 spiro atoms. The third-order valence-electron chi connectivity index (χ3n) is 3.54. The molecule has 1 atom stereocenters. The Morgan fingerprint density at radius 1 is 1.31 bits per heavy atom. The van der Waals surface area contributed by atoms with Gasteiger partial charge in [0.1, 0.15) is 0 Å². The SMILES string of the molecule is CC(=O)c1ccc(NC(C)C2CCC2)cc1. The summed E-state index contributed by atoms with van der Waals surface area (Å²) in [5.74, 6) is 0.950. The maximum atomic E-state index is 11.1. The van der Waals surface area contributed by atoms with Crippen LogP contribution >= 0.6 is 0 Å². The van der Waals surface area contributed by atoms with Crippen LogP contribution in [0.2, 0.25) is 0 Å². The molecule has 1 fully saturated rings. The molecule has 0 saturated heterocycles. The Kier molecular flexibility index (Phi) is 3.28. The lowest BCUT2D eigenvalue weighted by Gasteiger charge is -2.32. The first-order valence-electron chi connectivity index (χ1n) is 6.04. The van der Waals surface area contributed by atoms with Gasteiger partial charge in [-0.05, 0) is 56.9 Å². The highest BCUT2D eigenvalue weighted by Gasteiger charge is 2.23. The van der Waals surface area contributed by atoms with Gasteiger partial charge in [-0.15, -0.1) is 0 Å². The van der Waals surface area contributed by atoms with Crippen LogP contribution in [0.3, 0.4) is 0 Å². The van der Waals surface area contributed by atoms with Crippen molar-refractivity contribution in [3.8, 4) is 0 Å². The fraction of sp³-hybridized carbons (Fsp3) is 0.500. The number of rotatable bonds is 4. The van der Waals surface area contributed by atoms with Crippen LogP contribution in [-0.2, 0) is 0 Å². The van der Waals surface area contributed by atoms with E-state index in [-0.39, 0.29) is 5.78 Å². The van der Waals surface area contributed by atoms with E-state index in [2.05, 4.69) is 12.2 Å². The third kappa shape index (κ3) is 2.43. The van der Waals surface area contributed by atoms with Gasteiger partial charge in [0.15, 0.2) is 5.78 Å². The molecule has 1 aliphatic carbocycles. The first kappa shape index (κ1) is 11.2. The van der Waals surface area contributed by atoms with Crippen molar-refractivity contribution >= 4 is 11.5 Å². The Hall–Kier alpha value is -1.31. The zero-order valence-corrected chi connectivity index (χ0v) is 9.99. The Morgan fingerprint density at radius 2 is 1.94 bits per heavy atom. The van der Waals surface area contributed by atoms with Crippen LogP contribution in [0.1, 0.15) is 43.5 Å². The average Bonchev–Trinajstić information content (AvgIpc) is 2.15. The molecule has 2 heteroatoms. The molecule has 0 aliphatic heterocycles. The molecule has 2 nitrogen and oxygen atoms in total. The summed E-state index contributed by atoms with van der Waals surface area (Å²) in [5.41, 5.74) is 1.89. The largest absolute Gasteiger partial charge is 0.382 e. The summed E-state index contributed by atoms with van der Waals surface area (Å²) in [7, 11) is 0. The topological polar surface area (TPSA) is 29.1 Å². The summed E-state index contributed by atoms with van der Waals surface area (Å²) >= 11 is 0. The lowest BCUT2D eigenvalue weighted by molar-refractivity contribution is 0.101. The number of benzene rings is 1. The van der Waals surface area contributed by atoms with Crippen LogP contribution in [0.15, 0.2) is 24.3 Å². The second-order valence-corrected chi connectivity index (χ2v) is 4.76. The van der Waals surface area contributed by atoms with E-state index in [0.29, 0.717) is 6.04 Å². The number of anilines is 1. The second kappa shape index (κ2) is 4.69. The quantitative estimate of drug-likeness (QED) is 0.782. The minimum absolute atomic E-state index is 0.124. The minimum Gasteiger partial charge on any atom is -0.382 e. The molecule has 0 heterocycles. The van der Waals surface area contributed by atoms with Gasteiger partial charge in [-0.2, -0.15) is 0 Å². The van der Waals surface area contributed by atoms with E-state index in [1.54, 1.807) is 6.92 Å². The smallest absolute Gasteiger partial charge is 0.159 e. The maximum Gasteiger partial charge on any atom is 0.159 e. The van der Waals surface area contributed by atoms with E-state index >= 15 is 0 Å². The normalized spacial score (nSPS) is 17.6. The zero-order valence-electron chi connectivity index (χ0n) is 9.99. The Labute approximate surface area is 97.1 Å². The van der Waals surface area contributed by atoms with Gasteiger partial charge < -0.3 is 5.32 Å². The second-order valence-electron chi connectivity index (χ2n) is 4.76. The van der Waals surface area contributed by atoms with E-state index in [9.17, 15) is 4.79 Å². The van der Waals surface area contributed by atoms with Crippen molar-refractivity contribution in [1.82, 2.24) is 0 Å². The van der Waals surface area contributed by atoms with E-state index in [0.717, 1.165) is 17.2 Å². The Balaban J connectivity index is 1.96. The predicted octanol–water partition coefficient (Wildman–Crippen LogP) is 3.49. The van der Waals surface area contributed by atoms with Crippen molar-refractivity contribution in [2.45, 2.75) is 39.2 Å². The van der Waals surface area contributed by atoms with E-state index < -0.39 is 0 Å². The highest BCUT2D eigenvalue weighted by molar-refractivity contribution is 5.94. The van der Waals surface area contributed by atoms with Gasteiger partial charge in [0, 0.05) is 17.3 Å². The standard InChI is InChI=1S/C14H19NO/c1-10(12-4-3-5-12)15-14-8-6-13(7-9-14)11(2)16/h6-10,12,15H,3-5H2,1-2H3. The molecule has 1 N–H and O–H groups in total. The predicted molar refractivity (Wildman–Crippen MR) is 66.9 cm³/mol. The summed E-state index contributed by atoms with van der Waals surface area (Å²) in [4.78, 5) is 11.1. The molecule has 1 aliphatic rings. The summed E-state index contributed by atoms with van der Waals surface area (Å²) < 4.78 is 0. The summed E-state index contributed by atoms with van der Waals surface area (Å²) in [5, 5.41) is 3.50. The zero-order chi connectivity index (χ0) is 11.5. The van der Waals surface area contributed by atoms with Crippen molar-refractivity contribution in [3.05, 3.63) is 29.8 Å². The number of carbonyl (C=O) groups is 1. The molecule has 0 aromatic heterocycles. The third-order valence-corrected chi connectivity index (χ3v) is 3.54. The maximum absolute atomic E-state index is 11.1. The van der Waals surface area contributed by atoms with Gasteiger partial charge in [-0.25, -0.2) is 0 Å². The number of carbonyl (C=O) groups excluding carboxylic acids is 1. The monoisotopic (exact) mass is 217 g/mol. The molecule has 1 aromatic carbocycles. The van der Waals surface area contributed by atoms with Gasteiger partial charge >= 0.3 is 0 Å². The van der Waals surface area contributed by atoms with Gasteiger partial charge in [0.2, 0.25) is 0 Å². The van der Waals surface area contributed by atoms with Gasteiger partial charge in [-0.3, -0.25) is 4.79 Å². The Morgan fingerprint density at radius 3 is 2.38 bits per heavy atom. The number of hydrogen-bond acceptors (Lipinski definition) is 2. The molecule has 1 saturated carbocycles. The fourth-order valence-electron chi connectivity index (χ4n) is 2.12. The van der Waals surface area contributed by atoms with Crippen LogP contribution in [0.25, 0.3) is 0 Å². The first-order chi connectivity index (χ1) is 7.66. The number of nitrogens with one attached hydrogen (secondary N) is 1. The summed E-state index contributed by atoms with van der Waals surface area (Å²) in [6.45, 7) is 3.84. The first-order valence-corrected chi connectivity index (χ1v) is 6.04. The van der Waals surface area contributed by atoms with Crippen molar-refractivity contribution < 1.29 is 4.79 Å². The van der Waals surface area contributed by atoms with Gasteiger partial charge in [0.05, 0.1) is 0 Å². The highest BCUT2D eigenvalue weighted by Crippen LogP contribution is 2.30. The van der Waals surface area contributed by atoms with E-state index in [1.165, 1.54) is 19.3 Å². The highest BCUT2D eigenvalue weighted by atomic mass is 16.1. The number of ketones is 1. The molecule has 0 radical (unpaired) electrons. The lowest BCUT2D eigenvalue weighted by Crippen LogP contribution is -2.30. The molecular formula is C14H19NO. The van der Waals surface area contributed by atoms with Crippen LogP contribution < -0.4 is 5.32 Å². The molecule has 1 unspecified atom stereocenters. The molecule has 2 rings (SSSR count). The number of Topliss-reactive ketones (excluding diaryl/α,β-unsaturated/α-hetero) is 1. The van der Waals surface area contributed by atoms with Crippen molar-refractivity contribution in [2.75, 3.05) is 5.32 Å². The molecule has 1 aromatic rings. The fourth-order valence-corrected chi connectivity index (χ4v) is 2.12. The van der Waals surface area contributed by atoms with Crippen molar-refractivity contribution in [2.24, 2.45) is 5.92 Å². The summed E-state index contributed by atoms with van der Waals surface area (Å²) in [6, 6.07) is 8.30. The molecule has 0 bridgehead atoms. The van der Waals surface area contributed by atoms with Crippen LogP contribution in [-0.4, -0.2) is 11.8 Å². The molecular weight excluding hydrogens is 198 g/mol. The van der Waals surface area contributed by atoms with Crippen molar-refractivity contribution in [3.63, 3.8) is 0 Å². The van der Waals surface area contributed by atoms with Crippen LogP contribution in [0.4, 0.5) is 5.69 Å². The Bertz CT molecular complexity index is 365. The lowest BCUT2D eigenvalue weighted by atomic mass is 9.80. The van der Waals surface area contributed by atoms with E-state index in [4.69, 9.17) is 0 Å². The molecule has 16 heavy (non-hydrogen) atoms. The number of hydrogen-bond donors (Lipinski definition) is 1. The van der Waals surface area contributed by atoms with Crippen LogP contribution in [0.5, 0.6) is 0 Å². The minimum atomic E-state index is 0.124. The van der Waals surface area contributed by atoms with Gasteiger partial charge in [-0.1, -0.05) is 6.42 Å². The van der Waals surface area contributed by atoms with Crippen LogP contribution in [0, 0.1) is 5.92 Å². The molecule has 0 amide bonds. The van der Waals surface area contributed by atoms with E-state index in [1.807, 2.05) is 24.3 Å². The average molecular weight is 217 g/mol. The van der Waals surface area contributed by atoms with Crippen molar-refractivity contribution in [1.29, 1.82) is 0 Å². The summed E-state index contributed by atoms with van der Waals surface area (Å²) in [6.07, 6.45) is 4.07.